The average Bonchev–Trinajstić information content (AvgIpc) is 1.61. The number of hydrogen-bond donors (Lipinski definition) is 8. The Morgan fingerprint density at radius 2 is 0.901 bits per heavy atom. The van der Waals surface area contributed by atoms with E-state index in [2.05, 4.69) is 146 Å². The van der Waals surface area contributed by atoms with E-state index in [0.29, 0.717) is 49.9 Å². The highest BCUT2D eigenvalue weighted by atomic mass is 16.5. The van der Waals surface area contributed by atoms with Gasteiger partial charge in [0.25, 0.3) is 0 Å². The monoisotopic (exact) mass is 1370 g/mol. The van der Waals surface area contributed by atoms with Crippen LogP contribution in [0.3, 0.4) is 0 Å². The van der Waals surface area contributed by atoms with Crippen LogP contribution in [0.15, 0.2) is 101 Å². The summed E-state index contributed by atoms with van der Waals surface area (Å²) in [5.41, 5.74) is 8.85. The van der Waals surface area contributed by atoms with E-state index in [0.717, 1.165) is 177 Å². The molecule has 101 heavy (non-hydrogen) atoms. The predicted molar refractivity (Wildman–Crippen MR) is 392 cm³/mol. The zero-order chi connectivity index (χ0) is 70.3. The summed E-state index contributed by atoms with van der Waals surface area (Å²) < 4.78 is 10.6. The number of methoxy groups -OCH3 is 2. The summed E-state index contributed by atoms with van der Waals surface area (Å²) in [6.45, 7) is 25.4. The van der Waals surface area contributed by atoms with Gasteiger partial charge < -0.3 is 70.3 Å². The molecule has 0 bridgehead atoms. The lowest BCUT2D eigenvalue weighted by atomic mass is 9.98. The minimum absolute atomic E-state index is 0.00200. The first-order valence-electron chi connectivity index (χ1n) is 36.2. The highest BCUT2D eigenvalue weighted by molar-refractivity contribution is 5.95. The van der Waals surface area contributed by atoms with Gasteiger partial charge in [0, 0.05) is 128 Å². The van der Waals surface area contributed by atoms with Crippen LogP contribution in [0.5, 0.6) is 0 Å². The van der Waals surface area contributed by atoms with E-state index in [1.165, 1.54) is 72.2 Å². The molecule has 9 atom stereocenters. The second-order valence-electron chi connectivity index (χ2n) is 29.0. The molecule has 8 N–H and O–H groups in total. The molecule has 0 spiro atoms. The first-order valence-corrected chi connectivity index (χ1v) is 36.2. The predicted octanol–water partition coefficient (Wildman–Crippen LogP) is 10.1. The summed E-state index contributed by atoms with van der Waals surface area (Å²) >= 11 is 0. The first kappa shape index (κ1) is 69.9. The van der Waals surface area contributed by atoms with Crippen LogP contribution in [0.1, 0.15) is 138 Å². The third-order valence-corrected chi connectivity index (χ3v) is 21.7. The number of fused-ring (bicyclic) bond motifs is 4. The molecule has 8 aromatic heterocycles. The summed E-state index contributed by atoms with van der Waals surface area (Å²) in [5.74, 6) is 6.41. The van der Waals surface area contributed by atoms with Gasteiger partial charge in [0.2, 0.25) is 23.6 Å². The molecule has 534 valence electrons. The number of aromatic nitrogens is 12. The van der Waals surface area contributed by atoms with E-state index in [-0.39, 0.29) is 59.3 Å². The molecular formula is C75H98N20O6. The highest BCUT2D eigenvalue weighted by Crippen LogP contribution is 2.53. The van der Waals surface area contributed by atoms with Crippen LogP contribution in [0.25, 0.3) is 44.1 Å². The number of aromatic amines is 4. The zero-order valence-corrected chi connectivity index (χ0v) is 58.8. The van der Waals surface area contributed by atoms with Crippen molar-refractivity contribution in [3.05, 3.63) is 123 Å². The van der Waals surface area contributed by atoms with Crippen LogP contribution in [0.4, 0.5) is 23.3 Å². The van der Waals surface area contributed by atoms with Gasteiger partial charge in [-0.25, -0.2) is 39.9 Å². The van der Waals surface area contributed by atoms with Crippen molar-refractivity contribution < 1.29 is 28.7 Å². The molecule has 8 aromatic rings. The minimum Gasteiger partial charge on any atom is -0.384 e. The van der Waals surface area contributed by atoms with Gasteiger partial charge in [-0.3, -0.25) is 19.2 Å². The van der Waals surface area contributed by atoms with E-state index >= 15 is 0 Å². The third kappa shape index (κ3) is 16.1. The fraction of sp³-hybridized carbons (Fsp3) is 0.520. The lowest BCUT2D eigenvalue weighted by Crippen LogP contribution is -2.49. The number of piperidine rings is 4. The summed E-state index contributed by atoms with van der Waals surface area (Å²) in [4.78, 5) is 104. The van der Waals surface area contributed by atoms with Gasteiger partial charge in [-0.15, -0.1) is 0 Å². The Labute approximate surface area is 589 Å². The summed E-state index contributed by atoms with van der Waals surface area (Å²) in [5, 5.41) is 18.6. The van der Waals surface area contributed by atoms with Gasteiger partial charge in [0.1, 0.15) is 71.2 Å². The van der Waals surface area contributed by atoms with Crippen LogP contribution >= 0.6 is 0 Å². The molecular weight excluding hydrogens is 1280 g/mol. The van der Waals surface area contributed by atoms with Crippen LogP contribution in [-0.4, -0.2) is 206 Å². The third-order valence-electron chi connectivity index (χ3n) is 21.7. The molecule has 26 heteroatoms. The molecule has 8 fully saturated rings. The van der Waals surface area contributed by atoms with Crippen LogP contribution in [-0.2, 0) is 40.5 Å². The maximum Gasteiger partial charge on any atom is 0.246 e. The SMILES string of the molecule is C=CC(=O)N1CCC[C@@H](Nc2ncnc3[nH]cc(C4(C)CC4)c23)C1.C=CC(=O)N1CCC[C@@H](Nc2ncnc3[nH]cc(C4C[C@@H]4COC)c23)C1.C=CC(=O)N1CCC[C@@H](Nc2ncnc3[nH]cc(C4C[C@H]4COC)c23)C1.C=CC(=O)N1C[C@H](Nc2ncnc3[nH]cc(CC4CC4)c23)CC[C@@H]1C. The maximum atomic E-state index is 12.1. The topological polar surface area (TPSA) is 314 Å². The summed E-state index contributed by atoms with van der Waals surface area (Å²) in [6, 6.07) is 1.02. The standard InChI is InChI=1S/2C19H25N5O2.C19H25N5O.C18H23N5O/c2*1-3-16(25)24-6-4-5-13(9-24)23-19-17-15(14-7-12(14)10-26-2)8-20-18(17)21-11-22-19;1-3-16(25)24-10-15(7-4-12(24)2)23-19-17-14(8-13-5-6-13)9-20-18(17)21-11-22-19;1-3-14(24)23-8-4-5-12(10-23)22-17-15-13(18(2)6-7-18)9-19-16(15)20-11-21-17/h2*3,8,11-14H,1,4-7,9-10H2,2H3,(H2,20,21,22,23);3,9,11-13,15H,1,4-8,10H2,2H3,(H2,20,21,22,23);3,9,11-12H,1,4-8,10H2,2H3,(H2,19,20,21,22)/t12-,13+,14?;12-,13-,14?;12-,15+;12-/m0101/s1. The van der Waals surface area contributed by atoms with Crippen LogP contribution in [0, 0.1) is 17.8 Å². The van der Waals surface area contributed by atoms with Gasteiger partial charge in [-0.2, -0.15) is 0 Å². The lowest BCUT2D eigenvalue weighted by Gasteiger charge is -2.38. The Hall–Kier alpha value is -9.56. The zero-order valence-electron chi connectivity index (χ0n) is 58.8. The molecule has 16 rings (SSSR count). The van der Waals surface area contributed by atoms with E-state index in [4.69, 9.17) is 9.47 Å². The van der Waals surface area contributed by atoms with Crippen molar-refractivity contribution in [2.75, 3.05) is 94.5 Å². The molecule has 4 saturated carbocycles. The van der Waals surface area contributed by atoms with E-state index in [9.17, 15) is 19.2 Å². The van der Waals surface area contributed by atoms with Crippen molar-refractivity contribution in [1.29, 1.82) is 0 Å². The molecule has 4 aliphatic carbocycles. The number of rotatable bonds is 21. The summed E-state index contributed by atoms with van der Waals surface area (Å²) in [6.07, 6.45) is 36.6. The molecule has 4 saturated heterocycles. The van der Waals surface area contributed by atoms with Crippen molar-refractivity contribution in [2.45, 2.75) is 158 Å². The molecule has 26 nitrogen and oxygen atoms in total. The fourth-order valence-corrected chi connectivity index (χ4v) is 15.5. The number of carbonyl (C=O) groups is 4. The molecule has 12 heterocycles. The van der Waals surface area contributed by atoms with E-state index in [1.54, 1.807) is 39.5 Å². The number of nitrogens with one attached hydrogen (secondary N) is 8. The van der Waals surface area contributed by atoms with E-state index in [1.807, 2.05) is 19.6 Å². The molecule has 0 aromatic carbocycles. The van der Waals surface area contributed by atoms with Gasteiger partial charge >= 0.3 is 0 Å². The lowest BCUT2D eigenvalue weighted by molar-refractivity contribution is -0.129. The van der Waals surface area contributed by atoms with Crippen LogP contribution < -0.4 is 21.3 Å². The number of nitrogens with zero attached hydrogens (tertiary/aromatic N) is 12. The molecule has 8 aliphatic rings. The number of carbonyl (C=O) groups excluding carboxylic acids is 4. The Balaban J connectivity index is 0.000000120. The highest BCUT2D eigenvalue weighted by Gasteiger charge is 2.44. The smallest absolute Gasteiger partial charge is 0.246 e. The Bertz CT molecular complexity index is 4170. The van der Waals surface area contributed by atoms with Crippen LogP contribution in [0.2, 0.25) is 0 Å². The fourth-order valence-electron chi connectivity index (χ4n) is 15.5. The molecule has 0 radical (unpaired) electrons. The number of likely N-dealkylation sites (tertiary alicyclic amines) is 4. The minimum atomic E-state index is -0.00736. The largest absolute Gasteiger partial charge is 0.384 e. The normalized spacial score (nSPS) is 24.2. The number of ether oxygens (including phenoxy) is 2. The average molecular weight is 1380 g/mol. The van der Waals surface area contributed by atoms with Gasteiger partial charge in [-0.1, -0.05) is 33.2 Å². The van der Waals surface area contributed by atoms with Crippen molar-refractivity contribution in [3.8, 4) is 0 Å². The second-order valence-corrected chi connectivity index (χ2v) is 29.0. The van der Waals surface area contributed by atoms with Gasteiger partial charge in [0.05, 0.1) is 21.5 Å². The maximum absolute atomic E-state index is 12.1. The molecule has 2 unspecified atom stereocenters. The Morgan fingerprint density at radius 3 is 1.33 bits per heavy atom. The summed E-state index contributed by atoms with van der Waals surface area (Å²) in [7, 11) is 3.50. The number of H-pyrrole nitrogens is 4. The Morgan fingerprint density at radius 1 is 0.505 bits per heavy atom. The number of amides is 4. The molecule has 4 amide bonds. The van der Waals surface area contributed by atoms with E-state index < -0.39 is 0 Å². The van der Waals surface area contributed by atoms with Crippen molar-refractivity contribution >= 4 is 91.0 Å². The Kier molecular flexibility index (Phi) is 21.5. The van der Waals surface area contributed by atoms with Gasteiger partial charge in [0.15, 0.2) is 0 Å². The van der Waals surface area contributed by atoms with Crippen molar-refractivity contribution in [1.82, 2.24) is 79.4 Å². The number of hydrogen-bond acceptors (Lipinski definition) is 18. The first-order chi connectivity index (χ1) is 49.2. The van der Waals surface area contributed by atoms with Crippen molar-refractivity contribution in [2.24, 2.45) is 17.8 Å². The second kappa shape index (κ2) is 31.1. The number of anilines is 4. The quantitative estimate of drug-likeness (QED) is 0.0310. The van der Waals surface area contributed by atoms with Crippen molar-refractivity contribution in [3.63, 3.8) is 0 Å². The van der Waals surface area contributed by atoms with Gasteiger partial charge in [-0.05, 0) is 185 Å². The molecule has 4 aliphatic heterocycles.